The Labute approximate surface area is 74.8 Å². The zero-order chi connectivity index (χ0) is 8.27. The molecule has 2 atom stereocenters. The number of nitrogens with two attached hydrogens (primary N) is 1. The van der Waals surface area contributed by atoms with E-state index in [9.17, 15) is 0 Å². The fraction of sp³-hybridized carbons (Fsp3) is 0.875. The van der Waals surface area contributed by atoms with Gasteiger partial charge in [-0.3, -0.25) is 0 Å². The molecule has 3 heteroatoms. The average molecular weight is 219 g/mol. The van der Waals surface area contributed by atoms with Gasteiger partial charge in [-0.15, -0.1) is 0 Å². The SMILES string of the molecule is CCCC[C@@H]1N=C(N)[Se][C@@H]1C. The molecule has 0 saturated heterocycles. The molecule has 0 aromatic carbocycles. The number of rotatable bonds is 3. The maximum absolute atomic E-state index is 5.67. The van der Waals surface area contributed by atoms with E-state index >= 15 is 0 Å². The Kier molecular flexibility index (Phi) is 3.41. The summed E-state index contributed by atoms with van der Waals surface area (Å²) < 4.78 is 0.922. The van der Waals surface area contributed by atoms with Gasteiger partial charge in [-0.2, -0.15) is 0 Å². The Hall–Kier alpha value is -0.0105. The van der Waals surface area contributed by atoms with Gasteiger partial charge in [0.25, 0.3) is 0 Å². The first kappa shape index (κ1) is 9.08. The van der Waals surface area contributed by atoms with Crippen molar-refractivity contribution in [2.45, 2.75) is 44.0 Å². The van der Waals surface area contributed by atoms with E-state index in [1.165, 1.54) is 19.3 Å². The first-order valence-corrected chi connectivity index (χ1v) is 6.08. The van der Waals surface area contributed by atoms with Gasteiger partial charge in [0.2, 0.25) is 0 Å². The van der Waals surface area contributed by atoms with E-state index in [1.807, 2.05) is 0 Å². The minimum atomic E-state index is 0.485. The molecule has 64 valence electrons. The van der Waals surface area contributed by atoms with Crippen LogP contribution in [-0.2, 0) is 0 Å². The summed E-state index contributed by atoms with van der Waals surface area (Å²) >= 11 is 0.485. The Balaban J connectivity index is 2.33. The second-order valence-corrected chi connectivity index (χ2v) is 5.93. The van der Waals surface area contributed by atoms with Crippen molar-refractivity contribution in [3.8, 4) is 0 Å². The number of unbranched alkanes of at least 4 members (excludes halogenated alkanes) is 1. The van der Waals surface area contributed by atoms with Gasteiger partial charge < -0.3 is 0 Å². The van der Waals surface area contributed by atoms with Gasteiger partial charge >= 0.3 is 74.4 Å². The molecular formula is C8H16N2Se. The van der Waals surface area contributed by atoms with Crippen LogP contribution >= 0.6 is 0 Å². The third kappa shape index (κ3) is 2.49. The van der Waals surface area contributed by atoms with E-state index in [1.54, 1.807) is 0 Å². The molecule has 0 aromatic rings. The molecule has 0 bridgehead atoms. The average Bonchev–Trinajstić information content (AvgIpc) is 2.26. The molecule has 2 nitrogen and oxygen atoms in total. The molecule has 0 spiro atoms. The van der Waals surface area contributed by atoms with E-state index in [0.717, 1.165) is 9.55 Å². The number of aliphatic imine (C=N–C) groups is 1. The Bertz CT molecular complexity index is 156. The summed E-state index contributed by atoms with van der Waals surface area (Å²) in [6.07, 6.45) is 3.80. The predicted octanol–water partition coefficient (Wildman–Crippen LogP) is 1.39. The van der Waals surface area contributed by atoms with Crippen molar-refractivity contribution in [1.82, 2.24) is 0 Å². The van der Waals surface area contributed by atoms with E-state index in [4.69, 9.17) is 5.73 Å². The number of nitrogens with zero attached hydrogens (tertiary/aromatic N) is 1. The Morgan fingerprint density at radius 1 is 1.64 bits per heavy atom. The summed E-state index contributed by atoms with van der Waals surface area (Å²) in [6, 6.07) is 0.551. The number of hydrogen-bond donors (Lipinski definition) is 1. The van der Waals surface area contributed by atoms with E-state index < -0.39 is 0 Å². The zero-order valence-electron chi connectivity index (χ0n) is 7.21. The first-order chi connectivity index (χ1) is 5.24. The van der Waals surface area contributed by atoms with Gasteiger partial charge in [-0.05, 0) is 0 Å². The molecule has 11 heavy (non-hydrogen) atoms. The van der Waals surface area contributed by atoms with Crippen molar-refractivity contribution in [2.75, 3.05) is 0 Å². The van der Waals surface area contributed by atoms with Crippen LogP contribution in [0.5, 0.6) is 0 Å². The quantitative estimate of drug-likeness (QED) is 0.715. The van der Waals surface area contributed by atoms with Crippen LogP contribution in [0.1, 0.15) is 33.1 Å². The van der Waals surface area contributed by atoms with Crippen LogP contribution in [0.15, 0.2) is 4.99 Å². The molecule has 0 aromatic heterocycles. The second kappa shape index (κ2) is 4.12. The molecule has 0 unspecified atom stereocenters. The third-order valence-electron chi connectivity index (χ3n) is 2.00. The fourth-order valence-corrected chi connectivity index (χ4v) is 3.23. The molecule has 2 N–H and O–H groups in total. The van der Waals surface area contributed by atoms with Crippen LogP contribution in [-0.4, -0.2) is 25.7 Å². The molecular weight excluding hydrogens is 203 g/mol. The summed E-state index contributed by atoms with van der Waals surface area (Å²) in [7, 11) is 0. The van der Waals surface area contributed by atoms with E-state index in [-0.39, 0.29) is 0 Å². The van der Waals surface area contributed by atoms with Gasteiger partial charge in [0.05, 0.1) is 0 Å². The van der Waals surface area contributed by atoms with Crippen LogP contribution in [0, 0.1) is 0 Å². The van der Waals surface area contributed by atoms with E-state index in [0.29, 0.717) is 21.0 Å². The van der Waals surface area contributed by atoms with Crippen LogP contribution in [0.2, 0.25) is 4.82 Å². The van der Waals surface area contributed by atoms with Crippen LogP contribution in [0.3, 0.4) is 0 Å². The van der Waals surface area contributed by atoms with Crippen LogP contribution in [0.4, 0.5) is 0 Å². The molecule has 1 rings (SSSR count). The molecule has 0 saturated carbocycles. The standard InChI is InChI=1S/C8H16N2Se/c1-3-4-5-7-6(2)11-8(9)10-7/h6-7H,3-5H2,1-2H3,(H2,9,10)/t6-,7+/m1/s1. The van der Waals surface area contributed by atoms with Gasteiger partial charge in [-0.25, -0.2) is 0 Å². The summed E-state index contributed by atoms with van der Waals surface area (Å²) in [5.41, 5.74) is 5.67. The number of hydrogen-bond acceptors (Lipinski definition) is 2. The van der Waals surface area contributed by atoms with E-state index in [2.05, 4.69) is 18.8 Å². The normalized spacial score (nSPS) is 30.5. The second-order valence-electron chi connectivity index (χ2n) is 3.00. The Morgan fingerprint density at radius 3 is 2.82 bits per heavy atom. The first-order valence-electron chi connectivity index (χ1n) is 4.24. The monoisotopic (exact) mass is 220 g/mol. The third-order valence-corrected chi connectivity index (χ3v) is 4.16. The van der Waals surface area contributed by atoms with Gasteiger partial charge in [-0.1, -0.05) is 0 Å². The van der Waals surface area contributed by atoms with Crippen molar-refractivity contribution in [1.29, 1.82) is 0 Å². The summed E-state index contributed by atoms with van der Waals surface area (Å²) in [5.74, 6) is 0. The van der Waals surface area contributed by atoms with Crippen molar-refractivity contribution in [3.05, 3.63) is 0 Å². The molecule has 0 fully saturated rings. The van der Waals surface area contributed by atoms with Crippen molar-refractivity contribution in [3.63, 3.8) is 0 Å². The molecule has 1 aliphatic rings. The summed E-state index contributed by atoms with van der Waals surface area (Å²) in [5, 5.41) is 0. The number of amidine groups is 1. The molecule has 1 heterocycles. The molecule has 0 aliphatic carbocycles. The van der Waals surface area contributed by atoms with Crippen molar-refractivity contribution >= 4 is 19.7 Å². The molecule has 0 radical (unpaired) electrons. The molecule has 0 amide bonds. The summed E-state index contributed by atoms with van der Waals surface area (Å²) in [4.78, 5) is 5.17. The summed E-state index contributed by atoms with van der Waals surface area (Å²) in [6.45, 7) is 4.49. The van der Waals surface area contributed by atoms with Crippen LogP contribution < -0.4 is 5.73 Å². The maximum atomic E-state index is 5.67. The topological polar surface area (TPSA) is 38.4 Å². The Morgan fingerprint density at radius 2 is 2.36 bits per heavy atom. The zero-order valence-corrected chi connectivity index (χ0v) is 8.92. The van der Waals surface area contributed by atoms with Gasteiger partial charge in [0, 0.05) is 0 Å². The van der Waals surface area contributed by atoms with Crippen molar-refractivity contribution < 1.29 is 0 Å². The minimum absolute atomic E-state index is 0.485. The van der Waals surface area contributed by atoms with Gasteiger partial charge in [0.15, 0.2) is 0 Å². The van der Waals surface area contributed by atoms with Crippen molar-refractivity contribution in [2.24, 2.45) is 10.7 Å². The fourth-order valence-electron chi connectivity index (χ4n) is 1.28. The molecule has 1 aliphatic heterocycles. The predicted molar refractivity (Wildman–Crippen MR) is 50.1 cm³/mol. The van der Waals surface area contributed by atoms with Crippen LogP contribution in [0.25, 0.3) is 0 Å². The van der Waals surface area contributed by atoms with Gasteiger partial charge in [0.1, 0.15) is 0 Å².